The molecule has 0 spiro atoms. The average Bonchev–Trinajstić information content (AvgIpc) is 3.17. The zero-order valence-corrected chi connectivity index (χ0v) is 22.0. The molecule has 3 heterocycles. The highest BCUT2D eigenvalue weighted by Gasteiger charge is 2.61. The number of carbonyl (C=O) groups excluding carboxylic acids is 2. The molecule has 1 unspecified atom stereocenters. The van der Waals surface area contributed by atoms with Crippen LogP contribution < -0.4 is 0 Å². The van der Waals surface area contributed by atoms with Gasteiger partial charge in [-0.1, -0.05) is 52.5 Å². The van der Waals surface area contributed by atoms with E-state index in [0.29, 0.717) is 4.88 Å². The Morgan fingerprint density at radius 3 is 2.28 bits per heavy atom. The zero-order valence-electron chi connectivity index (χ0n) is 17.2. The Hall–Kier alpha value is -0.143. The van der Waals surface area contributed by atoms with E-state index in [-0.39, 0.29) is 0 Å². The Morgan fingerprint density at radius 1 is 1.09 bits per heavy atom. The van der Waals surface area contributed by atoms with E-state index in [2.05, 4.69) is 0 Å². The first kappa shape index (κ1) is 26.5. The number of esters is 2. The molecular formula is C18H22Cl4O8SSi. The van der Waals surface area contributed by atoms with E-state index in [4.69, 9.17) is 65.0 Å². The predicted octanol–water partition coefficient (Wildman–Crippen LogP) is 2.95. The Bertz CT molecular complexity index is 847. The number of cyclic esters (lactones) is 1. The summed E-state index contributed by atoms with van der Waals surface area (Å²) in [6, 6.07) is 3.18. The van der Waals surface area contributed by atoms with Gasteiger partial charge in [0.25, 0.3) is 0 Å². The second-order valence-electron chi connectivity index (χ2n) is 8.42. The van der Waals surface area contributed by atoms with Crippen LogP contribution in [0.15, 0.2) is 17.5 Å². The van der Waals surface area contributed by atoms with Crippen molar-refractivity contribution < 1.29 is 38.4 Å². The van der Waals surface area contributed by atoms with E-state index in [9.17, 15) is 19.8 Å². The number of thiophene rings is 1. The second kappa shape index (κ2) is 9.48. The Labute approximate surface area is 209 Å². The van der Waals surface area contributed by atoms with Gasteiger partial charge in [-0.3, -0.25) is 0 Å². The number of aliphatic hydroxyl groups is 2. The minimum absolute atomic E-state index is 0.329. The molecule has 0 radical (unpaired) electrons. The largest absolute Gasteiger partial charge is 0.461 e. The fourth-order valence-electron chi connectivity index (χ4n) is 3.36. The summed E-state index contributed by atoms with van der Waals surface area (Å²) in [6.07, 6.45) is -7.12. The molecule has 1 aromatic heterocycles. The third-order valence-corrected chi connectivity index (χ3v) is 8.20. The molecule has 2 fully saturated rings. The van der Waals surface area contributed by atoms with Crippen molar-refractivity contribution in [2.45, 2.75) is 64.9 Å². The maximum atomic E-state index is 13.0. The molecule has 1 aromatic rings. The van der Waals surface area contributed by atoms with Crippen LogP contribution in [-0.2, 0) is 28.2 Å². The molecule has 2 aliphatic heterocycles. The summed E-state index contributed by atoms with van der Waals surface area (Å²) in [6.45, 7) is 5.06. The average molecular weight is 568 g/mol. The third kappa shape index (κ3) is 5.24. The monoisotopic (exact) mass is 566 g/mol. The van der Waals surface area contributed by atoms with Gasteiger partial charge in [0.1, 0.15) is 24.9 Å². The molecule has 2 aliphatic rings. The van der Waals surface area contributed by atoms with Crippen molar-refractivity contribution in [2.24, 2.45) is 0 Å². The van der Waals surface area contributed by atoms with E-state index in [0.717, 1.165) is 11.3 Å². The topological polar surface area (TPSA) is 112 Å². The quantitative estimate of drug-likeness (QED) is 0.326. The number of hydrogen-bond acceptors (Lipinski definition) is 9. The van der Waals surface area contributed by atoms with E-state index < -0.39 is 72.2 Å². The molecular weight excluding hydrogens is 546 g/mol. The summed E-state index contributed by atoms with van der Waals surface area (Å²) in [5, 5.41) is 22.8. The van der Waals surface area contributed by atoms with Crippen LogP contribution in [-0.4, -0.2) is 76.4 Å². The molecule has 2 saturated heterocycles. The first-order chi connectivity index (χ1) is 14.7. The van der Waals surface area contributed by atoms with Crippen LogP contribution in [0.5, 0.6) is 0 Å². The van der Waals surface area contributed by atoms with Crippen molar-refractivity contribution in [2.75, 3.05) is 6.61 Å². The first-order valence-electron chi connectivity index (χ1n) is 9.53. The van der Waals surface area contributed by atoms with Gasteiger partial charge in [0, 0.05) is 4.88 Å². The number of rotatable bonds is 3. The lowest BCUT2D eigenvalue weighted by Crippen LogP contribution is -2.63. The Kier molecular flexibility index (Phi) is 7.84. The van der Waals surface area contributed by atoms with Gasteiger partial charge < -0.3 is 28.8 Å². The molecule has 0 saturated carbocycles. The summed E-state index contributed by atoms with van der Waals surface area (Å²) < 4.78 is 17.3. The van der Waals surface area contributed by atoms with Crippen molar-refractivity contribution in [1.29, 1.82) is 0 Å². The lowest BCUT2D eigenvalue weighted by atomic mass is 9.95. The van der Waals surface area contributed by atoms with Gasteiger partial charge in [-0.2, -0.15) is 0 Å². The van der Waals surface area contributed by atoms with Crippen molar-refractivity contribution in [3.63, 3.8) is 0 Å². The molecule has 14 heteroatoms. The highest BCUT2D eigenvalue weighted by Crippen LogP contribution is 2.53. The second-order valence-corrected chi connectivity index (χ2v) is 16.6. The van der Waals surface area contributed by atoms with Crippen LogP contribution in [0.2, 0.25) is 19.6 Å². The van der Waals surface area contributed by atoms with E-state index in [1.54, 1.807) is 17.5 Å². The Morgan fingerprint density at radius 2 is 1.72 bits per heavy atom. The standard InChI is InChI=1S/C18H22Cl4O8SSi/c1-32(2,3)30-14-11(24)10(23)12-8(28-14)7-27-15(25)17(19,20)13(9-5-4-6-31-9)18(21,22)16(26)29-12/h4-6,8,10-14,23-24H,7H2,1-3H3/t8-,10-,11-,12-,13?,14+/m1/s1. The number of fused-ring (bicyclic) bond motifs is 1. The number of alkyl halides is 4. The van der Waals surface area contributed by atoms with Gasteiger partial charge in [-0.25, -0.2) is 9.59 Å². The van der Waals surface area contributed by atoms with Crippen molar-refractivity contribution in [3.05, 3.63) is 22.4 Å². The van der Waals surface area contributed by atoms with Gasteiger partial charge in [0.2, 0.25) is 8.67 Å². The van der Waals surface area contributed by atoms with Gasteiger partial charge in [0.05, 0.1) is 5.92 Å². The highest BCUT2D eigenvalue weighted by molar-refractivity contribution is 7.10. The van der Waals surface area contributed by atoms with Crippen LogP contribution in [0.3, 0.4) is 0 Å². The number of ether oxygens (including phenoxy) is 3. The highest BCUT2D eigenvalue weighted by atomic mass is 35.5. The van der Waals surface area contributed by atoms with Gasteiger partial charge in [0.15, 0.2) is 20.7 Å². The third-order valence-electron chi connectivity index (χ3n) is 4.83. The SMILES string of the molecule is C[Si](C)(C)O[C@@H]1O[C@@H]2COC(=O)C(Cl)(Cl)C(c3cccs3)C(Cl)(Cl)C(=O)O[C@H]2[C@H](O)[C@H]1O. The summed E-state index contributed by atoms with van der Waals surface area (Å²) in [7, 11) is -2.22. The normalized spacial score (nSPS) is 35.4. The number of carbonyl (C=O) groups is 2. The van der Waals surface area contributed by atoms with Crippen LogP contribution >= 0.6 is 57.7 Å². The van der Waals surface area contributed by atoms with Crippen molar-refractivity contribution in [3.8, 4) is 0 Å². The van der Waals surface area contributed by atoms with Gasteiger partial charge in [-0.05, 0) is 31.1 Å². The molecule has 180 valence electrons. The number of aliphatic hydroxyl groups excluding tert-OH is 2. The van der Waals surface area contributed by atoms with E-state index >= 15 is 0 Å². The first-order valence-corrected chi connectivity index (χ1v) is 15.3. The van der Waals surface area contributed by atoms with Crippen molar-refractivity contribution in [1.82, 2.24) is 0 Å². The van der Waals surface area contributed by atoms with E-state index in [1.807, 2.05) is 19.6 Å². The minimum Gasteiger partial charge on any atom is -0.461 e. The molecule has 8 nitrogen and oxygen atoms in total. The zero-order chi connectivity index (χ0) is 24.1. The van der Waals surface area contributed by atoms with Crippen LogP contribution in [0.4, 0.5) is 0 Å². The summed E-state index contributed by atoms with van der Waals surface area (Å²) >= 11 is 26.6. The summed E-state index contributed by atoms with van der Waals surface area (Å²) in [4.78, 5) is 26.2. The smallest absolute Gasteiger partial charge is 0.343 e. The lowest BCUT2D eigenvalue weighted by molar-refractivity contribution is -0.285. The molecule has 0 bridgehead atoms. The maximum absolute atomic E-state index is 13.0. The molecule has 0 aromatic carbocycles. The Balaban J connectivity index is 1.98. The maximum Gasteiger partial charge on any atom is 0.343 e. The van der Waals surface area contributed by atoms with Crippen molar-refractivity contribution >= 4 is 78.0 Å². The van der Waals surface area contributed by atoms with E-state index in [1.165, 1.54) is 0 Å². The molecule has 6 atom stereocenters. The minimum atomic E-state index is -2.45. The van der Waals surface area contributed by atoms with Crippen LogP contribution in [0.1, 0.15) is 10.8 Å². The number of hydrogen-bond donors (Lipinski definition) is 2. The molecule has 32 heavy (non-hydrogen) atoms. The molecule has 3 rings (SSSR count). The molecule has 0 aliphatic carbocycles. The van der Waals surface area contributed by atoms with Gasteiger partial charge in [-0.15, -0.1) is 11.3 Å². The summed E-state index contributed by atoms with van der Waals surface area (Å²) in [5.74, 6) is -3.81. The van der Waals surface area contributed by atoms with Crippen LogP contribution in [0.25, 0.3) is 0 Å². The fourth-order valence-corrected chi connectivity index (χ4v) is 7.02. The summed E-state index contributed by atoms with van der Waals surface area (Å²) in [5.41, 5.74) is 0. The lowest BCUT2D eigenvalue weighted by Gasteiger charge is -2.45. The molecule has 0 amide bonds. The fraction of sp³-hybridized carbons (Fsp3) is 0.667. The van der Waals surface area contributed by atoms with Crippen LogP contribution in [0, 0.1) is 0 Å². The number of halogens is 4. The predicted molar refractivity (Wildman–Crippen MR) is 122 cm³/mol. The molecule has 2 N–H and O–H groups in total. The van der Waals surface area contributed by atoms with Gasteiger partial charge >= 0.3 is 11.9 Å².